The Morgan fingerprint density at radius 3 is 2.24 bits per heavy atom. The Labute approximate surface area is 507 Å². The van der Waals surface area contributed by atoms with E-state index in [1.54, 1.807) is 24.3 Å². The molecule has 0 radical (unpaired) electrons. The van der Waals surface area contributed by atoms with E-state index in [0.717, 1.165) is 68.0 Å². The van der Waals surface area contributed by atoms with Gasteiger partial charge in [-0.15, -0.1) is 11.8 Å². The number of imide groups is 1. The lowest BCUT2D eigenvalue weighted by Crippen LogP contribution is -2.68. The van der Waals surface area contributed by atoms with Gasteiger partial charge in [-0.2, -0.15) is 13.2 Å². The van der Waals surface area contributed by atoms with Gasteiger partial charge in [-0.3, -0.25) is 34.3 Å². The lowest BCUT2D eigenvalue weighted by Gasteiger charge is -2.56. The summed E-state index contributed by atoms with van der Waals surface area (Å²) in [5.74, 6) is -2.77. The smallest absolute Gasteiger partial charge is 0.380 e. The molecular weight excluding hydrogens is 1190 g/mol. The number of sulfone groups is 1. The molecule has 7 aliphatic rings. The standard InChI is InChI=1S/C62H67ClF4N8O8S3/c1-61(2)24-22-50(39-8-13-43(63)14-9-39)42(32-61)33-71-26-28-73(29-27-71)45-15-10-40(11-16-45)58(77)70-86(82,83)49-17-19-53(55(31-49)85(80,81)62(65,66)67)68-44(38-84-48-6-4-3-5-7-48)23-25-72-35-46-30-47(36-72)74(46)34-41-12-18-51-52(57(41)64)37-75(60(51)79)54-20-21-56(76)69-59(54)78/h3-19,31,44,46-47,54,68H,20-30,32-38H2,1-2H3,(H,70,77)(H,69,76,78)/t44-,46?,47?,54?/m1/s1. The van der Waals surface area contributed by atoms with Crippen LogP contribution in [0.1, 0.15) is 96.2 Å². The molecule has 24 heteroatoms. The number of carbonyl (C=O) groups is 4. The van der Waals surface area contributed by atoms with Crippen molar-refractivity contribution in [2.24, 2.45) is 5.41 Å². The number of halogens is 5. The van der Waals surface area contributed by atoms with Gasteiger partial charge in [-0.25, -0.2) is 25.9 Å². The van der Waals surface area contributed by atoms with Crippen molar-refractivity contribution in [2.45, 2.75) is 116 Å². The number of piperidine rings is 2. The predicted octanol–water partition coefficient (Wildman–Crippen LogP) is 9.36. The van der Waals surface area contributed by atoms with Gasteiger partial charge in [0, 0.05) is 127 Å². The van der Waals surface area contributed by atoms with Crippen molar-refractivity contribution in [3.05, 3.63) is 153 Å². The molecule has 12 rings (SSSR count). The summed E-state index contributed by atoms with van der Waals surface area (Å²) in [4.78, 5) is 60.2. The Hall–Kier alpha value is -6.34. The number of allylic oxidation sites excluding steroid dienone is 1. The summed E-state index contributed by atoms with van der Waals surface area (Å²) in [5.41, 5.74) is -0.506. The molecule has 5 fully saturated rings. The zero-order chi connectivity index (χ0) is 60.9. The minimum absolute atomic E-state index is 0.0373. The molecule has 6 heterocycles. The maximum Gasteiger partial charge on any atom is 0.501 e. The number of thioether (sulfide) groups is 1. The minimum Gasteiger partial charge on any atom is -0.380 e. The summed E-state index contributed by atoms with van der Waals surface area (Å²) in [7, 11) is -11.1. The Morgan fingerprint density at radius 1 is 0.849 bits per heavy atom. The molecule has 5 saturated heterocycles. The summed E-state index contributed by atoms with van der Waals surface area (Å²) < 4.78 is 116. The normalized spacial score (nSPS) is 21.7. The maximum atomic E-state index is 16.2. The first-order chi connectivity index (χ1) is 40.9. The van der Waals surface area contributed by atoms with E-state index >= 15 is 4.39 Å². The number of nitrogens with zero attached hydrogens (tertiary/aromatic N) is 5. The fraction of sp³-hybridized carbons (Fsp3) is 0.419. The highest BCUT2D eigenvalue weighted by molar-refractivity contribution is 7.99. The molecule has 0 aromatic heterocycles. The number of alkyl halides is 3. The summed E-state index contributed by atoms with van der Waals surface area (Å²) >= 11 is 7.61. The molecule has 1 aliphatic carbocycles. The third-order valence-corrected chi connectivity index (χ3v) is 21.9. The molecule has 86 heavy (non-hydrogen) atoms. The average molecular weight is 1260 g/mol. The second-order valence-electron chi connectivity index (χ2n) is 24.0. The second kappa shape index (κ2) is 24.7. The predicted molar refractivity (Wildman–Crippen MR) is 321 cm³/mol. The second-order valence-corrected chi connectivity index (χ2v) is 29.1. The number of amides is 4. The molecule has 456 valence electrons. The molecule has 4 atom stereocenters. The first kappa shape index (κ1) is 61.3. The number of benzene rings is 5. The average Bonchev–Trinajstić information content (AvgIpc) is 3.48. The summed E-state index contributed by atoms with van der Waals surface area (Å²) in [6.07, 6.45) is 4.50. The van der Waals surface area contributed by atoms with Gasteiger partial charge in [0.1, 0.15) is 16.8 Å². The Morgan fingerprint density at radius 2 is 1.56 bits per heavy atom. The maximum absolute atomic E-state index is 16.2. The van der Waals surface area contributed by atoms with Gasteiger partial charge in [0.25, 0.3) is 31.7 Å². The number of sulfonamides is 1. The van der Waals surface area contributed by atoms with Crippen LogP contribution in [-0.4, -0.2) is 148 Å². The largest absolute Gasteiger partial charge is 0.501 e. The number of nitrogens with one attached hydrogen (secondary N) is 3. The van der Waals surface area contributed by atoms with Crippen LogP contribution in [0.3, 0.4) is 0 Å². The van der Waals surface area contributed by atoms with Crippen molar-refractivity contribution >= 4 is 83.8 Å². The van der Waals surface area contributed by atoms with E-state index in [1.807, 2.05) is 47.2 Å². The molecule has 5 aromatic carbocycles. The summed E-state index contributed by atoms with van der Waals surface area (Å²) in [6.45, 7) is 10.3. The highest BCUT2D eigenvalue weighted by atomic mass is 35.5. The number of rotatable bonds is 19. The van der Waals surface area contributed by atoms with Crippen molar-refractivity contribution in [3.8, 4) is 0 Å². The van der Waals surface area contributed by atoms with Crippen LogP contribution >= 0.6 is 23.4 Å². The number of piperazine rings is 2. The van der Waals surface area contributed by atoms with Crippen molar-refractivity contribution < 1.29 is 53.6 Å². The van der Waals surface area contributed by atoms with Gasteiger partial charge >= 0.3 is 5.51 Å². The molecule has 3 N–H and O–H groups in total. The van der Waals surface area contributed by atoms with Gasteiger partial charge < -0.3 is 20.0 Å². The van der Waals surface area contributed by atoms with Gasteiger partial charge in [0.15, 0.2) is 0 Å². The number of carbonyl (C=O) groups excluding carboxylic acids is 4. The zero-order valence-corrected chi connectivity index (χ0v) is 50.8. The van der Waals surface area contributed by atoms with Crippen LogP contribution in [-0.2, 0) is 42.5 Å². The van der Waals surface area contributed by atoms with E-state index in [2.05, 4.69) is 56.2 Å². The Bertz CT molecular complexity index is 3690. The van der Waals surface area contributed by atoms with Crippen LogP contribution < -0.4 is 20.3 Å². The first-order valence-electron chi connectivity index (χ1n) is 28.8. The van der Waals surface area contributed by atoms with Crippen molar-refractivity contribution in [1.29, 1.82) is 0 Å². The molecule has 2 bridgehead atoms. The van der Waals surface area contributed by atoms with Crippen LogP contribution in [0, 0.1) is 11.2 Å². The molecule has 5 aromatic rings. The first-order valence-corrected chi connectivity index (χ1v) is 33.2. The van der Waals surface area contributed by atoms with E-state index in [9.17, 15) is 49.2 Å². The highest BCUT2D eigenvalue weighted by Gasteiger charge is 2.49. The lowest BCUT2D eigenvalue weighted by atomic mass is 9.73. The van der Waals surface area contributed by atoms with E-state index < -0.39 is 82.4 Å². The number of anilines is 2. The van der Waals surface area contributed by atoms with E-state index in [-0.39, 0.29) is 65.9 Å². The highest BCUT2D eigenvalue weighted by Crippen LogP contribution is 2.44. The van der Waals surface area contributed by atoms with Crippen LogP contribution in [0.4, 0.5) is 28.9 Å². The van der Waals surface area contributed by atoms with Gasteiger partial charge in [0.05, 0.1) is 17.1 Å². The minimum atomic E-state index is -6.17. The summed E-state index contributed by atoms with van der Waals surface area (Å²) in [6, 6.07) is 27.7. The Balaban J connectivity index is 0.729. The number of hydrogen-bond donors (Lipinski definition) is 3. The topological polar surface area (TPSA) is 189 Å². The van der Waals surface area contributed by atoms with Crippen molar-refractivity contribution in [3.63, 3.8) is 0 Å². The zero-order valence-electron chi connectivity index (χ0n) is 47.5. The van der Waals surface area contributed by atoms with E-state index in [1.165, 1.54) is 45.5 Å². The van der Waals surface area contributed by atoms with Crippen LogP contribution in [0.25, 0.3) is 5.57 Å². The molecule has 0 spiro atoms. The molecule has 0 saturated carbocycles. The molecular formula is C62H67ClF4N8O8S3. The third-order valence-electron chi connectivity index (χ3n) is 17.6. The fourth-order valence-corrected chi connectivity index (χ4v) is 16.0. The van der Waals surface area contributed by atoms with Crippen LogP contribution in [0.5, 0.6) is 0 Å². The van der Waals surface area contributed by atoms with Crippen LogP contribution in [0.2, 0.25) is 5.02 Å². The number of hydrogen-bond acceptors (Lipinski definition) is 14. The number of fused-ring (bicyclic) bond motifs is 3. The monoisotopic (exact) mass is 1260 g/mol. The van der Waals surface area contributed by atoms with Crippen molar-refractivity contribution in [1.82, 2.24) is 29.6 Å². The van der Waals surface area contributed by atoms with E-state index in [4.69, 9.17) is 11.6 Å². The van der Waals surface area contributed by atoms with Crippen LogP contribution in [0.15, 0.2) is 129 Å². The van der Waals surface area contributed by atoms with Gasteiger partial charge in [-0.1, -0.05) is 67.4 Å². The summed E-state index contributed by atoms with van der Waals surface area (Å²) in [5, 5.41) is 5.99. The van der Waals surface area contributed by atoms with Crippen molar-refractivity contribution in [2.75, 3.05) is 68.3 Å². The fourth-order valence-electron chi connectivity index (χ4n) is 12.9. The molecule has 4 amide bonds. The van der Waals surface area contributed by atoms with E-state index in [0.29, 0.717) is 55.8 Å². The Kier molecular flexibility index (Phi) is 17.6. The SMILES string of the molecule is CC1(C)CCC(c2ccc(Cl)cc2)=C(CN2CCN(c3ccc(C(=O)NS(=O)(=O)c4ccc(N[C@H](CCN5CC6CC(C5)N6Cc5ccc6c(c5F)CN(C5CCC(=O)NC5=O)C6=O)CSc5ccccc5)c(S(=O)(=O)C(F)(F)F)c4)cc3)CC2)C1. The van der Waals surface area contributed by atoms with Gasteiger partial charge in [0.2, 0.25) is 11.8 Å². The quantitative estimate of drug-likeness (QED) is 0.0403. The molecule has 16 nitrogen and oxygen atoms in total. The molecule has 6 aliphatic heterocycles. The lowest BCUT2D eigenvalue weighted by molar-refractivity contribution is -0.136. The molecule has 3 unspecified atom stereocenters. The third kappa shape index (κ3) is 13.2. The van der Waals surface area contributed by atoms with Gasteiger partial charge in [-0.05, 0) is 128 Å².